The third-order valence-corrected chi connectivity index (χ3v) is 9.07. The molecule has 3 aromatic rings. The Balaban J connectivity index is 1.21. The topological polar surface area (TPSA) is 91.4 Å². The fourth-order valence-corrected chi connectivity index (χ4v) is 6.59. The van der Waals surface area contributed by atoms with Gasteiger partial charge in [-0.25, -0.2) is 4.79 Å². The maximum Gasteiger partial charge on any atom is 0.338 e. The molecule has 3 aromatic carbocycles. The number of amides is 2. The lowest BCUT2D eigenvalue weighted by atomic mass is 9.90. The van der Waals surface area contributed by atoms with Gasteiger partial charge in [0.25, 0.3) is 5.91 Å². The predicted molar refractivity (Wildman–Crippen MR) is 183 cm³/mol. The Morgan fingerprint density at radius 2 is 1.63 bits per heavy atom. The molecule has 0 aromatic heterocycles. The van der Waals surface area contributed by atoms with Gasteiger partial charge in [0.1, 0.15) is 11.8 Å². The van der Waals surface area contributed by atoms with Crippen LogP contribution in [0.2, 0.25) is 0 Å². The van der Waals surface area contributed by atoms with Gasteiger partial charge < -0.3 is 24.6 Å². The Labute approximate surface area is 276 Å². The molecule has 2 aliphatic rings. The van der Waals surface area contributed by atoms with E-state index in [2.05, 4.69) is 40.5 Å². The zero-order valence-corrected chi connectivity index (χ0v) is 27.3. The molecule has 10 heteroatoms. The van der Waals surface area contributed by atoms with Crippen LogP contribution in [0.1, 0.15) is 48.5 Å². The van der Waals surface area contributed by atoms with Gasteiger partial charge in [0.15, 0.2) is 5.11 Å². The summed E-state index contributed by atoms with van der Waals surface area (Å²) in [5.74, 6) is 0.411. The van der Waals surface area contributed by atoms with E-state index in [0.717, 1.165) is 32.5 Å². The summed E-state index contributed by atoms with van der Waals surface area (Å²) in [4.78, 5) is 44.9. The van der Waals surface area contributed by atoms with E-state index in [1.54, 1.807) is 62.6 Å². The molecule has 0 unspecified atom stereocenters. The number of thiocarbonyl (C=S) groups is 1. The third-order valence-electron chi connectivity index (χ3n) is 8.66. The Kier molecular flexibility index (Phi) is 11.4. The molecule has 0 radical (unpaired) electrons. The number of ether oxygens (including phenoxy) is 2. The summed E-state index contributed by atoms with van der Waals surface area (Å²) in [5.41, 5.74) is 2.97. The summed E-state index contributed by atoms with van der Waals surface area (Å²) in [6, 6.07) is 23.6. The lowest BCUT2D eigenvalue weighted by molar-refractivity contribution is -0.124. The van der Waals surface area contributed by atoms with Gasteiger partial charge in [0, 0.05) is 12.2 Å². The highest BCUT2D eigenvalue weighted by Crippen LogP contribution is 2.29. The van der Waals surface area contributed by atoms with Crippen LogP contribution < -0.4 is 15.0 Å². The van der Waals surface area contributed by atoms with Gasteiger partial charge in [-0.05, 0) is 124 Å². The highest BCUT2D eigenvalue weighted by atomic mass is 32.1. The molecule has 0 spiro atoms. The maximum absolute atomic E-state index is 13.8. The second kappa shape index (κ2) is 15.8. The molecule has 46 heavy (non-hydrogen) atoms. The number of carbonyl (C=O) groups excluding carboxylic acids is 3. The third kappa shape index (κ3) is 8.30. The van der Waals surface area contributed by atoms with E-state index in [0.29, 0.717) is 40.3 Å². The first-order valence-electron chi connectivity index (χ1n) is 16.0. The summed E-state index contributed by atoms with van der Waals surface area (Å²) in [5, 5.41) is 3.26. The van der Waals surface area contributed by atoms with Crippen molar-refractivity contribution in [2.75, 3.05) is 50.1 Å². The average molecular weight is 643 g/mol. The number of nitrogens with one attached hydrogen (secondary N) is 1. The molecule has 5 rings (SSSR count). The molecule has 0 aliphatic carbocycles. The van der Waals surface area contributed by atoms with Gasteiger partial charge in [-0.1, -0.05) is 30.3 Å². The molecule has 9 nitrogen and oxygen atoms in total. The number of hydrogen-bond donors (Lipinski definition) is 1. The summed E-state index contributed by atoms with van der Waals surface area (Å²) < 4.78 is 10.3. The molecular weight excluding hydrogens is 600 g/mol. The van der Waals surface area contributed by atoms with Crippen LogP contribution in [0.5, 0.6) is 5.75 Å². The Bertz CT molecular complexity index is 1490. The highest BCUT2D eigenvalue weighted by Gasteiger charge is 2.44. The number of rotatable bonds is 13. The number of likely N-dealkylation sites (tertiary alicyclic amines) is 1. The standard InChI is InChI=1S/C36H42N4O5S/c1-3-45-35(43)28-10-12-29(13-11-28)37-33(41)25-32-34(42)40(30-14-16-31(44-2)17-15-30)36(46)39(32)21-7-20-38-22-18-27(19-23-38)24-26-8-5-4-6-9-26/h4-6,8-17,27,32H,3,7,18-25H2,1-2H3,(H,37,41)/t32-/m0/s1. The minimum atomic E-state index is -0.731. The van der Waals surface area contributed by atoms with Gasteiger partial charge in [-0.3, -0.25) is 14.5 Å². The van der Waals surface area contributed by atoms with E-state index >= 15 is 0 Å². The van der Waals surface area contributed by atoms with E-state index in [1.165, 1.54) is 23.3 Å². The van der Waals surface area contributed by atoms with Crippen molar-refractivity contribution in [3.05, 3.63) is 90.0 Å². The smallest absolute Gasteiger partial charge is 0.338 e. The normalized spacial score (nSPS) is 17.3. The quantitative estimate of drug-likeness (QED) is 0.192. The number of nitrogens with zero attached hydrogens (tertiary/aromatic N) is 3. The summed E-state index contributed by atoms with van der Waals surface area (Å²) >= 11 is 5.86. The Hall–Kier alpha value is -4.28. The Morgan fingerprint density at radius 1 is 0.935 bits per heavy atom. The summed E-state index contributed by atoms with van der Waals surface area (Å²) in [7, 11) is 1.59. The van der Waals surface area contributed by atoms with Crippen molar-refractivity contribution >= 4 is 46.5 Å². The number of methoxy groups -OCH3 is 1. The minimum absolute atomic E-state index is 0.0594. The SMILES string of the molecule is CCOC(=O)c1ccc(NC(=O)C[C@H]2C(=O)N(c3ccc(OC)cc3)C(=S)N2CCCN2CCC(Cc3ccccc3)CC2)cc1. The maximum atomic E-state index is 13.8. The van der Waals surface area contributed by atoms with Crippen LogP contribution in [0.25, 0.3) is 0 Å². The van der Waals surface area contributed by atoms with Gasteiger partial charge >= 0.3 is 5.97 Å². The first kappa shape index (κ1) is 33.1. The molecule has 2 heterocycles. The van der Waals surface area contributed by atoms with Gasteiger partial charge in [0.2, 0.25) is 5.91 Å². The second-order valence-corrected chi connectivity index (χ2v) is 12.1. The lowest BCUT2D eigenvalue weighted by Crippen LogP contribution is -2.40. The first-order chi connectivity index (χ1) is 22.4. The number of esters is 1. The van der Waals surface area contributed by atoms with E-state index < -0.39 is 12.0 Å². The molecule has 0 bridgehead atoms. The van der Waals surface area contributed by atoms with E-state index in [4.69, 9.17) is 21.7 Å². The lowest BCUT2D eigenvalue weighted by Gasteiger charge is -2.33. The van der Waals surface area contributed by atoms with Gasteiger partial charge in [-0.2, -0.15) is 0 Å². The molecule has 2 saturated heterocycles. The van der Waals surface area contributed by atoms with E-state index in [1.807, 2.05) is 4.90 Å². The number of hydrogen-bond acceptors (Lipinski definition) is 7. The Morgan fingerprint density at radius 3 is 2.28 bits per heavy atom. The zero-order valence-electron chi connectivity index (χ0n) is 26.5. The van der Waals surface area contributed by atoms with Crippen LogP contribution in [0.3, 0.4) is 0 Å². The van der Waals surface area contributed by atoms with Crippen molar-refractivity contribution in [1.29, 1.82) is 0 Å². The van der Waals surface area contributed by atoms with Crippen LogP contribution in [0.15, 0.2) is 78.9 Å². The molecule has 2 amide bonds. The average Bonchev–Trinajstić information content (AvgIpc) is 3.30. The van der Waals surface area contributed by atoms with Crippen LogP contribution in [-0.4, -0.2) is 78.6 Å². The molecular formula is C36H42N4O5S. The fraction of sp³-hybridized carbons (Fsp3) is 0.389. The largest absolute Gasteiger partial charge is 0.497 e. The number of piperidine rings is 1. The molecule has 2 aliphatic heterocycles. The molecule has 1 N–H and O–H groups in total. The number of benzene rings is 3. The molecule has 242 valence electrons. The van der Waals surface area contributed by atoms with Crippen molar-refractivity contribution < 1.29 is 23.9 Å². The summed E-state index contributed by atoms with van der Waals surface area (Å²) in [6.45, 7) is 5.61. The highest BCUT2D eigenvalue weighted by molar-refractivity contribution is 7.80. The molecule has 2 fully saturated rings. The molecule has 1 atom stereocenters. The number of carbonyl (C=O) groups is 3. The monoisotopic (exact) mass is 642 g/mol. The van der Waals surface area contributed by atoms with Crippen LogP contribution in [0, 0.1) is 5.92 Å². The van der Waals surface area contributed by atoms with Crippen molar-refractivity contribution in [1.82, 2.24) is 9.80 Å². The van der Waals surface area contributed by atoms with Crippen LogP contribution >= 0.6 is 12.2 Å². The fourth-order valence-electron chi connectivity index (χ4n) is 6.17. The van der Waals surface area contributed by atoms with E-state index in [9.17, 15) is 14.4 Å². The second-order valence-electron chi connectivity index (χ2n) is 11.7. The van der Waals surface area contributed by atoms with Crippen molar-refractivity contribution in [2.45, 2.75) is 45.1 Å². The van der Waals surface area contributed by atoms with Gasteiger partial charge in [-0.15, -0.1) is 0 Å². The molecule has 0 saturated carbocycles. The van der Waals surface area contributed by atoms with Crippen molar-refractivity contribution in [2.24, 2.45) is 5.92 Å². The first-order valence-corrected chi connectivity index (χ1v) is 16.4. The van der Waals surface area contributed by atoms with Crippen LogP contribution in [-0.2, 0) is 20.7 Å². The van der Waals surface area contributed by atoms with Gasteiger partial charge in [0.05, 0.1) is 31.4 Å². The van der Waals surface area contributed by atoms with Crippen molar-refractivity contribution in [3.63, 3.8) is 0 Å². The van der Waals surface area contributed by atoms with E-state index in [-0.39, 0.29) is 24.8 Å². The van der Waals surface area contributed by atoms with Crippen molar-refractivity contribution in [3.8, 4) is 5.75 Å². The predicted octanol–water partition coefficient (Wildman–Crippen LogP) is 5.55. The number of anilines is 2. The minimum Gasteiger partial charge on any atom is -0.497 e. The van der Waals surface area contributed by atoms with Crippen LogP contribution in [0.4, 0.5) is 11.4 Å². The zero-order chi connectivity index (χ0) is 32.5. The summed E-state index contributed by atoms with van der Waals surface area (Å²) in [6.07, 6.45) is 4.23.